The van der Waals surface area contributed by atoms with Crippen molar-refractivity contribution >= 4 is 22.9 Å². The topological polar surface area (TPSA) is 35.5 Å². The van der Waals surface area contributed by atoms with Gasteiger partial charge >= 0.3 is 5.97 Å². The Labute approximate surface area is 198 Å². The van der Waals surface area contributed by atoms with Crippen molar-refractivity contribution in [3.05, 3.63) is 93.4 Å². The molecule has 170 valence electrons. The minimum absolute atomic E-state index is 0.0880. The van der Waals surface area contributed by atoms with Crippen molar-refractivity contribution in [1.29, 1.82) is 0 Å². The zero-order valence-electron chi connectivity index (χ0n) is 19.6. The highest BCUT2D eigenvalue weighted by Gasteiger charge is 2.37. The molecule has 2 aliphatic rings. The first-order chi connectivity index (χ1) is 15.9. The number of hydrogen-bond donors (Lipinski definition) is 1. The van der Waals surface area contributed by atoms with Gasteiger partial charge in [-0.15, -0.1) is 0 Å². The van der Waals surface area contributed by atoms with Crippen LogP contribution in [0, 0.1) is 13.8 Å². The number of fused-ring (bicyclic) bond motifs is 2. The molecule has 0 N–H and O–H groups in total. The fourth-order valence-electron chi connectivity index (χ4n) is 5.20. The number of esters is 1. The van der Waals surface area contributed by atoms with Crippen LogP contribution in [0.1, 0.15) is 48.1 Å². The Kier molecular flexibility index (Phi) is 5.57. The van der Waals surface area contributed by atoms with Crippen LogP contribution < -0.4 is 4.74 Å². The molecule has 33 heavy (non-hydrogen) atoms. The number of carbonyl (C=O) groups excluding carboxylic acids is 1. The number of hydrogen-bond acceptors (Lipinski definition) is 3. The van der Waals surface area contributed by atoms with Crippen LogP contribution in [0.25, 0.3) is 6.08 Å². The minimum atomic E-state index is -0.576. The van der Waals surface area contributed by atoms with E-state index in [1.165, 1.54) is 25.8 Å². The highest BCUT2D eigenvalue weighted by atomic mass is 32.2. The summed E-state index contributed by atoms with van der Waals surface area (Å²) >= 11 is 0. The number of aryl methyl sites for hydroxylation is 3. The largest absolute Gasteiger partial charge is 0.481 e. The third kappa shape index (κ3) is 3.97. The molecule has 0 aromatic heterocycles. The summed E-state index contributed by atoms with van der Waals surface area (Å²) in [6.45, 7) is 8.25. The summed E-state index contributed by atoms with van der Waals surface area (Å²) < 4.78 is 11.9. The first-order valence-corrected chi connectivity index (χ1v) is 12.8. The Bertz CT molecular complexity index is 1250. The Hall–Kier alpha value is -2.98. The molecule has 0 radical (unpaired) electrons. The van der Waals surface area contributed by atoms with E-state index in [2.05, 4.69) is 75.4 Å². The van der Waals surface area contributed by atoms with Crippen LogP contribution in [0.15, 0.2) is 75.4 Å². The molecule has 0 spiro atoms. The van der Waals surface area contributed by atoms with Gasteiger partial charge in [0.2, 0.25) is 0 Å². The lowest BCUT2D eigenvalue weighted by Gasteiger charge is -2.26. The second kappa shape index (κ2) is 8.42. The molecule has 2 atom stereocenters. The van der Waals surface area contributed by atoms with Crippen LogP contribution in [0.3, 0.4) is 0 Å². The summed E-state index contributed by atoms with van der Waals surface area (Å²) in [6, 6.07) is 21.3. The quantitative estimate of drug-likeness (QED) is 0.334. The average molecular weight is 459 g/mol. The highest BCUT2D eigenvalue weighted by Crippen LogP contribution is 2.57. The van der Waals surface area contributed by atoms with E-state index in [0.717, 1.165) is 35.3 Å². The van der Waals surface area contributed by atoms with Gasteiger partial charge in [-0.05, 0) is 102 Å². The van der Waals surface area contributed by atoms with Gasteiger partial charge < -0.3 is 9.47 Å². The van der Waals surface area contributed by atoms with Gasteiger partial charge in [0.15, 0.2) is 6.61 Å². The van der Waals surface area contributed by atoms with Crippen molar-refractivity contribution in [2.24, 2.45) is 0 Å². The summed E-state index contributed by atoms with van der Waals surface area (Å²) in [5.74, 6) is 0.446. The Morgan fingerprint density at radius 2 is 1.70 bits per heavy atom. The van der Waals surface area contributed by atoms with Gasteiger partial charge in [-0.25, -0.2) is 4.79 Å². The third-order valence-electron chi connectivity index (χ3n) is 6.73. The molecule has 0 saturated carbocycles. The van der Waals surface area contributed by atoms with Crippen LogP contribution in [0.5, 0.6) is 5.75 Å². The van der Waals surface area contributed by atoms with Gasteiger partial charge in [0, 0.05) is 4.90 Å². The van der Waals surface area contributed by atoms with Gasteiger partial charge in [-0.1, -0.05) is 42.5 Å². The summed E-state index contributed by atoms with van der Waals surface area (Å²) in [4.78, 5) is 16.9. The van der Waals surface area contributed by atoms with Gasteiger partial charge in [0.05, 0.1) is 0 Å². The maximum Gasteiger partial charge on any atom is 0.345 e. The maximum atomic E-state index is 12.7. The van der Waals surface area contributed by atoms with Gasteiger partial charge in [-0.3, -0.25) is 0 Å². The molecule has 0 saturated heterocycles. The van der Waals surface area contributed by atoms with E-state index in [1.54, 1.807) is 0 Å². The average Bonchev–Trinajstić information content (AvgIpc) is 3.29. The maximum absolute atomic E-state index is 12.7. The molecule has 3 nitrogen and oxygen atoms in total. The summed E-state index contributed by atoms with van der Waals surface area (Å²) in [5, 5.41) is 0. The molecule has 4 heteroatoms. The third-order valence-corrected chi connectivity index (χ3v) is 9.23. The molecule has 3 aromatic carbocycles. The molecule has 0 fully saturated rings. The smallest absolute Gasteiger partial charge is 0.345 e. The van der Waals surface area contributed by atoms with E-state index < -0.39 is 16.5 Å². The first kappa shape index (κ1) is 21.8. The van der Waals surface area contributed by atoms with E-state index >= 15 is 0 Å². The predicted octanol–water partition coefficient (Wildman–Crippen LogP) is 6.88. The van der Waals surface area contributed by atoms with Crippen molar-refractivity contribution in [2.75, 3.05) is 6.61 Å². The molecular formula is C29H30O3S. The number of rotatable bonds is 5. The normalized spacial score (nSPS) is 21.8. The standard InChI is InChI=1S/C29H30O3S/c1-19-15-24(33-21(3)17-23-10-6-8-12-26(23)33)16-20(2)28(19)31-18-27(30)32-29(4)14-13-22-9-5-7-11-25(22)29/h5-12,15-17,33H,13-14,18H2,1-4H3. The Morgan fingerprint density at radius 3 is 2.48 bits per heavy atom. The second-order valence-corrected chi connectivity index (χ2v) is 11.6. The predicted molar refractivity (Wildman–Crippen MR) is 135 cm³/mol. The lowest BCUT2D eigenvalue weighted by molar-refractivity contribution is -0.161. The van der Waals surface area contributed by atoms with Gasteiger partial charge in [-0.2, -0.15) is 10.9 Å². The van der Waals surface area contributed by atoms with Crippen molar-refractivity contribution in [1.82, 2.24) is 0 Å². The zero-order valence-corrected chi connectivity index (χ0v) is 20.5. The molecule has 1 aliphatic carbocycles. The van der Waals surface area contributed by atoms with E-state index in [1.807, 2.05) is 19.1 Å². The van der Waals surface area contributed by atoms with Crippen molar-refractivity contribution in [3.8, 4) is 5.75 Å². The number of benzene rings is 3. The molecule has 1 aliphatic heterocycles. The highest BCUT2D eigenvalue weighted by molar-refractivity contribution is 8.20. The van der Waals surface area contributed by atoms with Crippen molar-refractivity contribution < 1.29 is 14.3 Å². The second-order valence-electron chi connectivity index (χ2n) is 9.24. The molecule has 1 heterocycles. The van der Waals surface area contributed by atoms with E-state index in [4.69, 9.17) is 9.47 Å². The fraction of sp³-hybridized carbons (Fsp3) is 0.276. The monoisotopic (exact) mass is 458 g/mol. The summed E-state index contributed by atoms with van der Waals surface area (Å²) in [6.07, 6.45) is 4.04. The number of allylic oxidation sites excluding steroid dienone is 1. The molecular weight excluding hydrogens is 428 g/mol. The van der Waals surface area contributed by atoms with E-state index in [-0.39, 0.29) is 12.6 Å². The fourth-order valence-corrected chi connectivity index (χ4v) is 7.81. The lowest BCUT2D eigenvalue weighted by atomic mass is 9.98. The van der Waals surface area contributed by atoms with E-state index in [9.17, 15) is 4.79 Å². The number of carbonyl (C=O) groups is 1. The summed E-state index contributed by atoms with van der Waals surface area (Å²) in [5.41, 5.74) is 5.22. The zero-order chi connectivity index (χ0) is 23.2. The van der Waals surface area contributed by atoms with Crippen molar-refractivity contribution in [2.45, 2.75) is 55.9 Å². The van der Waals surface area contributed by atoms with Gasteiger partial charge in [0.25, 0.3) is 0 Å². The SMILES string of the molecule is CC1=Cc2ccccc2[SH]1c1cc(C)c(OCC(=O)OC2(C)CCc3ccccc32)c(C)c1. The Morgan fingerprint density at radius 1 is 1.00 bits per heavy atom. The van der Waals surface area contributed by atoms with Gasteiger partial charge in [0.1, 0.15) is 11.4 Å². The number of ether oxygens (including phenoxy) is 2. The molecule has 5 rings (SSSR count). The molecule has 0 bridgehead atoms. The van der Waals surface area contributed by atoms with Crippen LogP contribution in [-0.2, 0) is 21.6 Å². The Balaban J connectivity index is 1.31. The van der Waals surface area contributed by atoms with E-state index in [0.29, 0.717) is 0 Å². The molecule has 3 aromatic rings. The first-order valence-electron chi connectivity index (χ1n) is 11.5. The molecule has 0 amide bonds. The summed E-state index contributed by atoms with van der Waals surface area (Å²) in [7, 11) is -0.511. The van der Waals surface area contributed by atoms with Crippen LogP contribution >= 0.6 is 10.9 Å². The lowest BCUT2D eigenvalue weighted by Crippen LogP contribution is -2.29. The van der Waals surface area contributed by atoms with Crippen molar-refractivity contribution in [3.63, 3.8) is 0 Å². The molecule has 2 unspecified atom stereocenters. The van der Waals surface area contributed by atoms with Crippen LogP contribution in [0.4, 0.5) is 0 Å². The minimum Gasteiger partial charge on any atom is -0.481 e. The van der Waals surface area contributed by atoms with Crippen LogP contribution in [-0.4, -0.2) is 12.6 Å². The van der Waals surface area contributed by atoms with Crippen LogP contribution in [0.2, 0.25) is 0 Å². The number of thiol groups is 1.